The van der Waals surface area contributed by atoms with Crippen LogP contribution in [0.25, 0.3) is 10.8 Å². The van der Waals surface area contributed by atoms with E-state index in [4.69, 9.17) is 8.85 Å². The van der Waals surface area contributed by atoms with E-state index >= 15 is 0 Å². The van der Waals surface area contributed by atoms with Gasteiger partial charge in [0, 0.05) is 10.8 Å². The zero-order valence-electron chi connectivity index (χ0n) is 13.3. The molecule has 0 fully saturated rings. The van der Waals surface area contributed by atoms with Crippen LogP contribution >= 0.6 is 0 Å². The maximum Gasteiger partial charge on any atom is 0.242 e. The molecule has 0 saturated heterocycles. The fourth-order valence-corrected chi connectivity index (χ4v) is 3.77. The SMILES string of the molecule is C[Si](C)(C)Oc1cccc2c(O[Si](C)(C)C)cccc12. The summed E-state index contributed by atoms with van der Waals surface area (Å²) in [5.74, 6) is 1.95. The van der Waals surface area contributed by atoms with Gasteiger partial charge in [-0.1, -0.05) is 24.3 Å². The fourth-order valence-electron chi connectivity index (χ4n) is 2.09. The highest BCUT2D eigenvalue weighted by Gasteiger charge is 2.20. The van der Waals surface area contributed by atoms with E-state index in [1.807, 2.05) is 0 Å². The average Bonchev–Trinajstić information content (AvgIpc) is 2.26. The Morgan fingerprint density at radius 3 is 1.25 bits per heavy atom. The van der Waals surface area contributed by atoms with Crippen molar-refractivity contribution in [1.82, 2.24) is 0 Å². The summed E-state index contributed by atoms with van der Waals surface area (Å²) in [4.78, 5) is 0. The molecule has 0 bridgehead atoms. The van der Waals surface area contributed by atoms with Gasteiger partial charge in [0.15, 0.2) is 0 Å². The predicted molar refractivity (Wildman–Crippen MR) is 91.9 cm³/mol. The minimum absolute atomic E-state index is 0.975. The highest BCUT2D eigenvalue weighted by Crippen LogP contribution is 2.34. The van der Waals surface area contributed by atoms with Crippen molar-refractivity contribution in [3.05, 3.63) is 36.4 Å². The van der Waals surface area contributed by atoms with Gasteiger partial charge >= 0.3 is 0 Å². The van der Waals surface area contributed by atoms with Crippen molar-refractivity contribution in [2.24, 2.45) is 0 Å². The smallest absolute Gasteiger partial charge is 0.242 e. The Morgan fingerprint density at radius 1 is 0.600 bits per heavy atom. The van der Waals surface area contributed by atoms with Crippen LogP contribution in [0, 0.1) is 0 Å². The predicted octanol–water partition coefficient (Wildman–Crippen LogP) is 5.27. The Bertz CT molecular complexity index is 555. The number of fused-ring (bicyclic) bond motifs is 1. The van der Waals surface area contributed by atoms with Crippen LogP contribution in [-0.2, 0) is 0 Å². The lowest BCUT2D eigenvalue weighted by Gasteiger charge is -2.23. The summed E-state index contributed by atoms with van der Waals surface area (Å²) in [5.41, 5.74) is 0. The molecule has 108 valence electrons. The van der Waals surface area contributed by atoms with E-state index in [-0.39, 0.29) is 0 Å². The Labute approximate surface area is 124 Å². The monoisotopic (exact) mass is 304 g/mol. The minimum Gasteiger partial charge on any atom is -0.544 e. The summed E-state index contributed by atoms with van der Waals surface area (Å²) in [7, 11) is -3.22. The Balaban J connectivity index is 2.52. The lowest BCUT2D eigenvalue weighted by Crippen LogP contribution is -2.30. The number of rotatable bonds is 4. The molecule has 2 aromatic rings. The van der Waals surface area contributed by atoms with Crippen molar-refractivity contribution in [1.29, 1.82) is 0 Å². The molecular formula is C16H24O2Si2. The van der Waals surface area contributed by atoms with Gasteiger partial charge in [-0.15, -0.1) is 0 Å². The van der Waals surface area contributed by atoms with Crippen LogP contribution in [-0.4, -0.2) is 16.6 Å². The molecule has 0 heterocycles. The molecule has 0 spiro atoms. The zero-order chi connectivity index (χ0) is 15.0. The van der Waals surface area contributed by atoms with Crippen LogP contribution in [0.2, 0.25) is 39.3 Å². The third-order valence-corrected chi connectivity index (χ3v) is 4.34. The van der Waals surface area contributed by atoms with Gasteiger partial charge in [0.1, 0.15) is 11.5 Å². The molecular weight excluding hydrogens is 280 g/mol. The molecule has 0 aromatic heterocycles. The van der Waals surface area contributed by atoms with Crippen molar-refractivity contribution < 1.29 is 8.85 Å². The molecule has 0 aliphatic rings. The van der Waals surface area contributed by atoms with Crippen molar-refractivity contribution >= 4 is 27.4 Å². The van der Waals surface area contributed by atoms with Gasteiger partial charge in [0.2, 0.25) is 16.6 Å². The normalized spacial score (nSPS) is 12.5. The molecule has 4 heteroatoms. The first-order chi connectivity index (χ1) is 9.16. The Kier molecular flexibility index (Phi) is 3.98. The molecule has 0 saturated carbocycles. The van der Waals surface area contributed by atoms with Crippen LogP contribution in [0.1, 0.15) is 0 Å². The fraction of sp³-hybridized carbons (Fsp3) is 0.375. The van der Waals surface area contributed by atoms with Gasteiger partial charge in [-0.2, -0.15) is 0 Å². The lowest BCUT2D eigenvalue weighted by molar-refractivity contribution is 0.558. The third-order valence-electron chi connectivity index (χ3n) is 2.67. The Hall–Kier alpha value is -1.27. The highest BCUT2D eigenvalue weighted by atomic mass is 28.4. The standard InChI is InChI=1S/C16H24O2Si2/c1-19(2,3)17-15-11-7-10-14-13(15)9-8-12-16(14)18-20(4,5)6/h7-12H,1-6H3. The average molecular weight is 305 g/mol. The summed E-state index contributed by atoms with van der Waals surface area (Å²) in [5, 5.41) is 2.29. The van der Waals surface area contributed by atoms with E-state index in [2.05, 4.69) is 75.7 Å². The summed E-state index contributed by atoms with van der Waals surface area (Å²) in [6, 6.07) is 12.4. The first-order valence-corrected chi connectivity index (χ1v) is 13.9. The van der Waals surface area contributed by atoms with Crippen LogP contribution in [0.4, 0.5) is 0 Å². The molecule has 2 rings (SSSR count). The largest absolute Gasteiger partial charge is 0.544 e. The second-order valence-electron chi connectivity index (χ2n) is 7.04. The van der Waals surface area contributed by atoms with Crippen molar-refractivity contribution in [2.45, 2.75) is 39.3 Å². The first kappa shape index (κ1) is 15.1. The maximum atomic E-state index is 6.19. The second kappa shape index (κ2) is 5.26. The Morgan fingerprint density at radius 2 is 0.950 bits per heavy atom. The van der Waals surface area contributed by atoms with E-state index in [9.17, 15) is 0 Å². The molecule has 0 amide bonds. The van der Waals surface area contributed by atoms with Gasteiger partial charge in [-0.05, 0) is 51.4 Å². The first-order valence-electron chi connectivity index (χ1n) is 7.05. The van der Waals surface area contributed by atoms with Crippen LogP contribution in [0.15, 0.2) is 36.4 Å². The van der Waals surface area contributed by atoms with Crippen LogP contribution in [0.3, 0.4) is 0 Å². The summed E-state index contributed by atoms with van der Waals surface area (Å²) >= 11 is 0. The lowest BCUT2D eigenvalue weighted by atomic mass is 10.1. The summed E-state index contributed by atoms with van der Waals surface area (Å²) in [6.07, 6.45) is 0. The van der Waals surface area contributed by atoms with Gasteiger partial charge in [-0.25, -0.2) is 0 Å². The number of hydrogen-bond donors (Lipinski definition) is 0. The number of benzene rings is 2. The van der Waals surface area contributed by atoms with Crippen molar-refractivity contribution in [2.75, 3.05) is 0 Å². The van der Waals surface area contributed by atoms with E-state index in [0.717, 1.165) is 22.3 Å². The molecule has 0 atom stereocenters. The molecule has 0 N–H and O–H groups in total. The van der Waals surface area contributed by atoms with Crippen molar-refractivity contribution in [3.8, 4) is 11.5 Å². The maximum absolute atomic E-state index is 6.19. The third kappa shape index (κ3) is 3.87. The molecule has 0 radical (unpaired) electrons. The van der Waals surface area contributed by atoms with E-state index in [1.54, 1.807) is 0 Å². The van der Waals surface area contributed by atoms with E-state index in [0.29, 0.717) is 0 Å². The summed E-state index contributed by atoms with van der Waals surface area (Å²) in [6.45, 7) is 13.2. The topological polar surface area (TPSA) is 18.5 Å². The molecule has 2 aromatic carbocycles. The zero-order valence-corrected chi connectivity index (χ0v) is 15.3. The van der Waals surface area contributed by atoms with Gasteiger partial charge in [0.25, 0.3) is 0 Å². The quantitative estimate of drug-likeness (QED) is 0.717. The molecule has 0 unspecified atom stereocenters. The van der Waals surface area contributed by atoms with Crippen molar-refractivity contribution in [3.63, 3.8) is 0 Å². The second-order valence-corrected chi connectivity index (χ2v) is 15.9. The number of hydrogen-bond acceptors (Lipinski definition) is 2. The molecule has 2 nitrogen and oxygen atoms in total. The highest BCUT2D eigenvalue weighted by molar-refractivity contribution is 6.71. The summed E-state index contributed by atoms with van der Waals surface area (Å²) < 4.78 is 12.4. The minimum atomic E-state index is -1.61. The van der Waals surface area contributed by atoms with Crippen LogP contribution in [0.5, 0.6) is 11.5 Å². The van der Waals surface area contributed by atoms with Gasteiger partial charge in [-0.3, -0.25) is 0 Å². The molecule has 20 heavy (non-hydrogen) atoms. The molecule has 0 aliphatic heterocycles. The molecule has 0 aliphatic carbocycles. The van der Waals surface area contributed by atoms with E-state index in [1.165, 1.54) is 0 Å². The van der Waals surface area contributed by atoms with Crippen LogP contribution < -0.4 is 8.85 Å². The van der Waals surface area contributed by atoms with E-state index < -0.39 is 16.6 Å². The van der Waals surface area contributed by atoms with Gasteiger partial charge in [0.05, 0.1) is 0 Å². The van der Waals surface area contributed by atoms with Gasteiger partial charge < -0.3 is 8.85 Å².